The molecule has 0 unspecified atom stereocenters. The first kappa shape index (κ1) is 16.7. The van der Waals surface area contributed by atoms with Crippen molar-refractivity contribution in [1.82, 2.24) is 14.8 Å². The maximum atomic E-state index is 12.9. The normalized spacial score (nSPS) is 11.1. The number of nitrogens with zero attached hydrogens (tertiary/aromatic N) is 2. The van der Waals surface area contributed by atoms with Crippen LogP contribution in [-0.2, 0) is 6.54 Å². The van der Waals surface area contributed by atoms with E-state index >= 15 is 0 Å². The fraction of sp³-hybridized carbons (Fsp3) is 0.100. The smallest absolute Gasteiger partial charge is 0.357 e. The number of aryl methyl sites for hydroxylation is 1. The number of carbonyl (C=O) groups excluding carboxylic acids is 1. The minimum atomic E-state index is -1.25. The first-order valence-electron chi connectivity index (χ1n) is 8.31. The van der Waals surface area contributed by atoms with Crippen molar-refractivity contribution in [3.8, 4) is 0 Å². The molecule has 0 aliphatic rings. The molecule has 2 heterocycles. The number of fused-ring (bicyclic) bond motifs is 2. The highest BCUT2D eigenvalue weighted by atomic mass is 16.4. The number of carboxylic acid groups (broad SMARTS) is 1. The molecule has 2 aromatic carbocycles. The van der Waals surface area contributed by atoms with Crippen LogP contribution in [-0.4, -0.2) is 31.6 Å². The van der Waals surface area contributed by atoms with Gasteiger partial charge in [-0.3, -0.25) is 9.59 Å². The van der Waals surface area contributed by atoms with Crippen molar-refractivity contribution in [1.29, 1.82) is 0 Å². The molecule has 7 nitrogen and oxygen atoms in total. The van der Waals surface area contributed by atoms with Gasteiger partial charge in [0.15, 0.2) is 11.5 Å². The molecule has 0 atom stereocenters. The molecule has 0 fully saturated rings. The quantitative estimate of drug-likeness (QED) is 0.544. The Morgan fingerprint density at radius 1 is 1.04 bits per heavy atom. The van der Waals surface area contributed by atoms with E-state index in [1.165, 1.54) is 12.1 Å². The zero-order chi connectivity index (χ0) is 19.1. The number of hydrogen-bond acceptors (Lipinski definition) is 4. The monoisotopic (exact) mass is 361 g/mol. The van der Waals surface area contributed by atoms with E-state index in [9.17, 15) is 19.5 Å². The molecule has 27 heavy (non-hydrogen) atoms. The number of H-pyrrole nitrogens is 1. The van der Waals surface area contributed by atoms with E-state index < -0.39 is 11.5 Å². The summed E-state index contributed by atoms with van der Waals surface area (Å²) in [7, 11) is 0. The minimum absolute atomic E-state index is 0.216. The number of rotatable bonds is 4. The molecule has 0 spiro atoms. The molecule has 0 aliphatic heterocycles. The highest BCUT2D eigenvalue weighted by Crippen LogP contribution is 2.22. The number of aromatic carboxylic acids is 1. The molecular formula is C20H15N3O4. The van der Waals surface area contributed by atoms with Gasteiger partial charge in [0.25, 0.3) is 5.56 Å². The van der Waals surface area contributed by atoms with Crippen molar-refractivity contribution in [3.05, 3.63) is 75.8 Å². The van der Waals surface area contributed by atoms with Gasteiger partial charge < -0.3 is 10.1 Å². The number of hydrogen-bond donors (Lipinski definition) is 2. The Morgan fingerprint density at radius 3 is 2.37 bits per heavy atom. The molecule has 0 saturated carbocycles. The summed E-state index contributed by atoms with van der Waals surface area (Å²) in [5.41, 5.74) is 1.23. The maximum Gasteiger partial charge on any atom is 0.357 e. The van der Waals surface area contributed by atoms with Gasteiger partial charge in [-0.2, -0.15) is 5.10 Å². The second-order valence-electron chi connectivity index (χ2n) is 6.26. The largest absolute Gasteiger partial charge is 0.476 e. The lowest BCUT2D eigenvalue weighted by molar-refractivity contribution is 0.0688. The third kappa shape index (κ3) is 2.69. The molecule has 134 valence electrons. The third-order valence-corrected chi connectivity index (χ3v) is 4.54. The Labute approximate surface area is 152 Å². The molecule has 0 bridgehead atoms. The second kappa shape index (κ2) is 6.21. The molecule has 4 aromatic rings. The Balaban J connectivity index is 1.85. The molecule has 0 saturated heterocycles. The van der Waals surface area contributed by atoms with Crippen molar-refractivity contribution in [3.63, 3.8) is 0 Å². The van der Waals surface area contributed by atoms with Crippen molar-refractivity contribution in [2.75, 3.05) is 0 Å². The Morgan fingerprint density at radius 2 is 1.67 bits per heavy atom. The number of aromatic amines is 1. The Kier molecular flexibility index (Phi) is 3.84. The number of Topliss-reactive ketones (excluding diaryl/α,β-unsaturated/α-hetero) is 1. The summed E-state index contributed by atoms with van der Waals surface area (Å²) in [6, 6.07) is 13.7. The molecule has 0 radical (unpaired) electrons. The van der Waals surface area contributed by atoms with E-state index in [1.54, 1.807) is 19.1 Å². The standard InChI is InChI=1S/C20H15N3O4/c1-11-17(14-8-4-5-9-15(14)21-11)16(24)10-23-19(25)13-7-3-2-6-12(13)18(22-23)20(26)27/h2-9,21H,10H2,1H3,(H,26,27). The lowest BCUT2D eigenvalue weighted by atomic mass is 10.1. The van der Waals surface area contributed by atoms with Crippen LogP contribution in [0.4, 0.5) is 0 Å². The Bertz CT molecular complexity index is 1280. The van der Waals surface area contributed by atoms with Gasteiger partial charge >= 0.3 is 5.97 Å². The number of carbonyl (C=O) groups is 2. The van der Waals surface area contributed by atoms with Gasteiger partial charge in [0, 0.05) is 27.5 Å². The van der Waals surface area contributed by atoms with Crippen LogP contribution in [0.5, 0.6) is 0 Å². The fourth-order valence-corrected chi connectivity index (χ4v) is 3.35. The van der Waals surface area contributed by atoms with Crippen LogP contribution in [0.3, 0.4) is 0 Å². The molecule has 0 amide bonds. The van der Waals surface area contributed by atoms with E-state index in [0.717, 1.165) is 15.6 Å². The third-order valence-electron chi connectivity index (χ3n) is 4.54. The van der Waals surface area contributed by atoms with E-state index in [-0.39, 0.29) is 28.8 Å². The van der Waals surface area contributed by atoms with Gasteiger partial charge in [0.2, 0.25) is 0 Å². The van der Waals surface area contributed by atoms with E-state index in [1.807, 2.05) is 24.3 Å². The predicted molar refractivity (Wildman–Crippen MR) is 100 cm³/mol. The number of para-hydroxylation sites is 1. The van der Waals surface area contributed by atoms with Crippen molar-refractivity contribution in [2.45, 2.75) is 13.5 Å². The molecule has 2 N–H and O–H groups in total. The van der Waals surface area contributed by atoms with Gasteiger partial charge in [-0.05, 0) is 19.1 Å². The lowest BCUT2D eigenvalue weighted by Crippen LogP contribution is -2.29. The van der Waals surface area contributed by atoms with Gasteiger partial charge in [-0.1, -0.05) is 36.4 Å². The minimum Gasteiger partial charge on any atom is -0.476 e. The SMILES string of the molecule is Cc1[nH]c2ccccc2c1C(=O)Cn1nc(C(=O)O)c2ccccc2c1=O. The molecule has 0 aliphatic carbocycles. The topological polar surface area (TPSA) is 105 Å². The van der Waals surface area contributed by atoms with E-state index in [2.05, 4.69) is 10.1 Å². The zero-order valence-electron chi connectivity index (χ0n) is 14.4. The van der Waals surface area contributed by atoms with Crippen molar-refractivity contribution < 1.29 is 14.7 Å². The molecule has 2 aromatic heterocycles. The average molecular weight is 361 g/mol. The molecule has 4 rings (SSSR count). The number of ketones is 1. The van der Waals surface area contributed by atoms with Gasteiger partial charge in [0.05, 0.1) is 5.39 Å². The summed E-state index contributed by atoms with van der Waals surface area (Å²) < 4.78 is 0.926. The predicted octanol–water partition coefficient (Wildman–Crippen LogP) is 2.77. The number of carboxylic acids is 1. The lowest BCUT2D eigenvalue weighted by Gasteiger charge is -2.08. The van der Waals surface area contributed by atoms with Gasteiger partial charge in [-0.25, -0.2) is 9.48 Å². The maximum absolute atomic E-state index is 12.9. The molecular weight excluding hydrogens is 346 g/mol. The van der Waals surface area contributed by atoms with Crippen LogP contribution >= 0.6 is 0 Å². The zero-order valence-corrected chi connectivity index (χ0v) is 14.4. The van der Waals surface area contributed by atoms with Crippen molar-refractivity contribution >= 4 is 33.4 Å². The van der Waals surface area contributed by atoms with Crippen molar-refractivity contribution in [2.24, 2.45) is 0 Å². The van der Waals surface area contributed by atoms with E-state index in [4.69, 9.17) is 0 Å². The second-order valence-corrected chi connectivity index (χ2v) is 6.26. The summed E-state index contributed by atoms with van der Waals surface area (Å²) in [5, 5.41) is 14.6. The first-order valence-corrected chi connectivity index (χ1v) is 8.31. The summed E-state index contributed by atoms with van der Waals surface area (Å²) >= 11 is 0. The number of aromatic nitrogens is 3. The molecule has 7 heteroatoms. The summed E-state index contributed by atoms with van der Waals surface area (Å²) in [6.07, 6.45) is 0. The van der Waals surface area contributed by atoms with Crippen LogP contribution in [0.25, 0.3) is 21.7 Å². The van der Waals surface area contributed by atoms with Gasteiger partial charge in [0.1, 0.15) is 6.54 Å². The number of benzene rings is 2. The average Bonchev–Trinajstić information content (AvgIpc) is 2.99. The summed E-state index contributed by atoms with van der Waals surface area (Å²) in [4.78, 5) is 40.3. The fourth-order valence-electron chi connectivity index (χ4n) is 3.35. The summed E-state index contributed by atoms with van der Waals surface area (Å²) in [6.45, 7) is 1.44. The van der Waals surface area contributed by atoms with Crippen LogP contribution in [0.15, 0.2) is 53.3 Å². The van der Waals surface area contributed by atoms with Crippen LogP contribution in [0.2, 0.25) is 0 Å². The Hall–Kier alpha value is -3.74. The first-order chi connectivity index (χ1) is 13.0. The highest BCUT2D eigenvalue weighted by Gasteiger charge is 2.20. The van der Waals surface area contributed by atoms with Crippen LogP contribution in [0, 0.1) is 6.92 Å². The van der Waals surface area contributed by atoms with Crippen LogP contribution in [0.1, 0.15) is 26.5 Å². The number of nitrogens with one attached hydrogen (secondary N) is 1. The highest BCUT2D eigenvalue weighted by molar-refractivity contribution is 6.09. The van der Waals surface area contributed by atoms with Gasteiger partial charge in [-0.15, -0.1) is 0 Å². The van der Waals surface area contributed by atoms with Crippen LogP contribution < -0.4 is 5.56 Å². The summed E-state index contributed by atoms with van der Waals surface area (Å²) in [5.74, 6) is -1.57. The van der Waals surface area contributed by atoms with E-state index in [0.29, 0.717) is 11.3 Å².